The topological polar surface area (TPSA) is 20.2 Å². The highest BCUT2D eigenvalue weighted by molar-refractivity contribution is 6.40. The minimum atomic E-state index is 0.147. The molecular weight excluding hydrogens is 147 g/mol. The van der Waals surface area contributed by atoms with Crippen molar-refractivity contribution < 1.29 is 5.11 Å². The molecule has 2 radical (unpaired) electrons. The van der Waals surface area contributed by atoms with E-state index < -0.39 is 0 Å². The van der Waals surface area contributed by atoms with Crippen molar-refractivity contribution in [2.75, 3.05) is 0 Å². The van der Waals surface area contributed by atoms with Gasteiger partial charge in [0.05, 0.1) is 0 Å². The quantitative estimate of drug-likeness (QED) is 0.567. The zero-order valence-electron chi connectivity index (χ0n) is 6.49. The molecule has 0 bridgehead atoms. The number of phenolic OH excluding ortho intramolecular Hbond substituents is 1. The number of hydrogen-bond donors (Lipinski definition) is 1. The summed E-state index contributed by atoms with van der Waals surface area (Å²) in [6.07, 6.45) is 0. The fraction of sp³-hybridized carbons (Fsp3) is 0. The molecule has 2 aromatic rings. The molecule has 1 nitrogen and oxygen atoms in total. The predicted molar refractivity (Wildman–Crippen MR) is 51.0 cm³/mol. The van der Waals surface area contributed by atoms with Crippen molar-refractivity contribution in [1.82, 2.24) is 0 Å². The average Bonchev–Trinajstić information content (AvgIpc) is 2.12. The van der Waals surface area contributed by atoms with Crippen LogP contribution in [-0.4, -0.2) is 13.0 Å². The molecule has 0 aromatic heterocycles. The highest BCUT2D eigenvalue weighted by Gasteiger charge is 1.99. The molecular formula is C10H7BO. The van der Waals surface area contributed by atoms with Crippen molar-refractivity contribution in [1.29, 1.82) is 0 Å². The van der Waals surface area contributed by atoms with Gasteiger partial charge in [-0.1, -0.05) is 30.3 Å². The smallest absolute Gasteiger partial charge is 0.119 e. The zero-order valence-corrected chi connectivity index (χ0v) is 6.49. The van der Waals surface area contributed by atoms with Crippen LogP contribution in [0.2, 0.25) is 0 Å². The van der Waals surface area contributed by atoms with E-state index in [0.717, 1.165) is 10.8 Å². The summed E-state index contributed by atoms with van der Waals surface area (Å²) < 4.78 is 0. The minimum absolute atomic E-state index is 0.147. The maximum atomic E-state index is 9.29. The van der Waals surface area contributed by atoms with Crippen molar-refractivity contribution in [3.8, 4) is 5.75 Å². The summed E-state index contributed by atoms with van der Waals surface area (Å²) in [4.78, 5) is 0. The van der Waals surface area contributed by atoms with Gasteiger partial charge in [-0.05, 0) is 22.3 Å². The molecule has 0 unspecified atom stereocenters. The van der Waals surface area contributed by atoms with E-state index in [4.69, 9.17) is 7.85 Å². The van der Waals surface area contributed by atoms with Crippen molar-refractivity contribution in [2.24, 2.45) is 0 Å². The van der Waals surface area contributed by atoms with Gasteiger partial charge in [0.25, 0.3) is 0 Å². The normalized spacial score (nSPS) is 10.3. The maximum absolute atomic E-state index is 9.29. The van der Waals surface area contributed by atoms with Crippen molar-refractivity contribution in [2.45, 2.75) is 0 Å². The Morgan fingerprint density at radius 3 is 2.58 bits per heavy atom. The van der Waals surface area contributed by atoms with Crippen LogP contribution in [0.4, 0.5) is 0 Å². The molecule has 0 spiro atoms. The molecule has 2 rings (SSSR count). The molecule has 2 aromatic carbocycles. The van der Waals surface area contributed by atoms with E-state index in [0.29, 0.717) is 5.46 Å². The molecule has 56 valence electrons. The van der Waals surface area contributed by atoms with E-state index in [9.17, 15) is 5.11 Å². The van der Waals surface area contributed by atoms with Crippen LogP contribution < -0.4 is 5.46 Å². The van der Waals surface area contributed by atoms with Gasteiger partial charge in [0, 0.05) is 0 Å². The lowest BCUT2D eigenvalue weighted by atomic mass is 9.89. The van der Waals surface area contributed by atoms with Crippen LogP contribution in [-0.2, 0) is 0 Å². The summed E-state index contributed by atoms with van der Waals surface area (Å²) >= 11 is 0. The Balaban J connectivity index is 2.91. The standard InChI is InChI=1S/C10H7BO/c11-10-8-4-2-1-3-7(8)5-6-9(10)12/h1-6,12H. The van der Waals surface area contributed by atoms with Gasteiger partial charge in [-0.25, -0.2) is 0 Å². The average molecular weight is 154 g/mol. The van der Waals surface area contributed by atoms with Crippen LogP contribution in [0.5, 0.6) is 5.75 Å². The Labute approximate surface area is 72.1 Å². The highest BCUT2D eigenvalue weighted by atomic mass is 16.3. The second-order valence-corrected chi connectivity index (χ2v) is 2.72. The van der Waals surface area contributed by atoms with Gasteiger partial charge in [0.1, 0.15) is 13.6 Å². The molecule has 0 aliphatic rings. The number of hydrogen-bond acceptors (Lipinski definition) is 1. The predicted octanol–water partition coefficient (Wildman–Crippen LogP) is 1.34. The van der Waals surface area contributed by atoms with Crippen LogP contribution >= 0.6 is 0 Å². The van der Waals surface area contributed by atoms with Gasteiger partial charge >= 0.3 is 0 Å². The van der Waals surface area contributed by atoms with E-state index in [1.54, 1.807) is 6.07 Å². The number of phenols is 1. The molecule has 0 heterocycles. The summed E-state index contributed by atoms with van der Waals surface area (Å²) in [5, 5.41) is 11.2. The lowest BCUT2D eigenvalue weighted by molar-refractivity contribution is 0.480. The van der Waals surface area contributed by atoms with Gasteiger partial charge in [-0.2, -0.15) is 0 Å². The summed E-state index contributed by atoms with van der Waals surface area (Å²) in [6, 6.07) is 11.2. The van der Waals surface area contributed by atoms with Crippen LogP contribution in [0.25, 0.3) is 10.8 Å². The number of aromatic hydroxyl groups is 1. The van der Waals surface area contributed by atoms with Crippen molar-refractivity contribution >= 4 is 24.1 Å². The first-order valence-electron chi connectivity index (χ1n) is 3.75. The largest absolute Gasteiger partial charge is 0.509 e. The summed E-state index contributed by atoms with van der Waals surface area (Å²) in [6.45, 7) is 0. The second kappa shape index (κ2) is 2.56. The van der Waals surface area contributed by atoms with E-state index in [1.807, 2.05) is 30.3 Å². The molecule has 0 amide bonds. The number of rotatable bonds is 0. The van der Waals surface area contributed by atoms with E-state index in [2.05, 4.69) is 0 Å². The van der Waals surface area contributed by atoms with Gasteiger partial charge in [-0.3, -0.25) is 0 Å². The van der Waals surface area contributed by atoms with Gasteiger partial charge in [-0.15, -0.1) is 0 Å². The molecule has 1 N–H and O–H groups in total. The van der Waals surface area contributed by atoms with E-state index in [-0.39, 0.29) is 5.75 Å². The Morgan fingerprint density at radius 1 is 1.00 bits per heavy atom. The summed E-state index contributed by atoms with van der Waals surface area (Å²) in [5.41, 5.74) is 0.452. The molecule has 0 aliphatic heterocycles. The van der Waals surface area contributed by atoms with Crippen LogP contribution in [0.15, 0.2) is 36.4 Å². The third-order valence-corrected chi connectivity index (χ3v) is 1.95. The van der Waals surface area contributed by atoms with Gasteiger partial charge in [0.15, 0.2) is 0 Å². The lowest BCUT2D eigenvalue weighted by Crippen LogP contribution is -2.03. The van der Waals surface area contributed by atoms with Gasteiger partial charge in [0.2, 0.25) is 0 Å². The fourth-order valence-electron chi connectivity index (χ4n) is 1.28. The molecule has 0 saturated carbocycles. The lowest BCUT2D eigenvalue weighted by Gasteiger charge is -2.03. The first-order chi connectivity index (χ1) is 5.79. The third kappa shape index (κ3) is 0.963. The minimum Gasteiger partial charge on any atom is -0.509 e. The first kappa shape index (κ1) is 7.23. The summed E-state index contributed by atoms with van der Waals surface area (Å²) in [7, 11) is 5.67. The number of fused-ring (bicyclic) bond motifs is 1. The Kier molecular flexibility index (Phi) is 1.54. The van der Waals surface area contributed by atoms with E-state index in [1.165, 1.54) is 0 Å². The molecule has 0 aliphatic carbocycles. The molecule has 0 saturated heterocycles. The Morgan fingerprint density at radius 2 is 1.75 bits per heavy atom. The maximum Gasteiger partial charge on any atom is 0.119 e. The van der Waals surface area contributed by atoms with Gasteiger partial charge < -0.3 is 5.11 Å². The second-order valence-electron chi connectivity index (χ2n) is 2.72. The molecule has 0 fully saturated rings. The van der Waals surface area contributed by atoms with Crippen LogP contribution in [0.3, 0.4) is 0 Å². The van der Waals surface area contributed by atoms with Crippen molar-refractivity contribution in [3.05, 3.63) is 36.4 Å². The molecule has 12 heavy (non-hydrogen) atoms. The summed E-state index contributed by atoms with van der Waals surface area (Å²) in [5.74, 6) is 0.147. The van der Waals surface area contributed by atoms with E-state index >= 15 is 0 Å². The van der Waals surface area contributed by atoms with Crippen molar-refractivity contribution in [3.63, 3.8) is 0 Å². The fourth-order valence-corrected chi connectivity index (χ4v) is 1.28. The SMILES string of the molecule is [B]c1c(O)ccc2ccccc12. The monoisotopic (exact) mass is 154 g/mol. The Bertz CT molecular complexity index is 423. The number of benzene rings is 2. The van der Waals surface area contributed by atoms with Crippen LogP contribution in [0.1, 0.15) is 0 Å². The third-order valence-electron chi connectivity index (χ3n) is 1.95. The first-order valence-corrected chi connectivity index (χ1v) is 3.75. The Hall–Kier alpha value is -1.44. The zero-order chi connectivity index (χ0) is 8.55. The molecule has 0 atom stereocenters. The van der Waals surface area contributed by atoms with Crippen LogP contribution in [0, 0.1) is 0 Å². The molecule has 2 heteroatoms. The highest BCUT2D eigenvalue weighted by Crippen LogP contribution is 2.15.